The molecule has 2 N–H and O–H groups in total. The Morgan fingerprint density at radius 3 is 2.71 bits per heavy atom. The third kappa shape index (κ3) is 4.33. The first-order valence-corrected chi connectivity index (χ1v) is 9.33. The van der Waals surface area contributed by atoms with Gasteiger partial charge in [0.05, 0.1) is 15.8 Å². The molecule has 2 atom stereocenters. The summed E-state index contributed by atoms with van der Waals surface area (Å²) in [4.78, 5) is 0. The highest BCUT2D eigenvalue weighted by Crippen LogP contribution is 2.26. The fraction of sp³-hybridized carbons (Fsp3) is 0.571. The predicted molar refractivity (Wildman–Crippen MR) is 87.0 cm³/mol. The van der Waals surface area contributed by atoms with Gasteiger partial charge in [-0.2, -0.15) is 0 Å². The molecule has 0 aromatic heterocycles. The Bertz CT molecular complexity index is 605. The highest BCUT2D eigenvalue weighted by atomic mass is 35.5. The number of hydrogen-bond acceptors (Lipinski definition) is 3. The highest BCUT2D eigenvalue weighted by Gasteiger charge is 2.30. The third-order valence-electron chi connectivity index (χ3n) is 3.89. The maximum Gasteiger partial charge on any atom is 0.218 e. The summed E-state index contributed by atoms with van der Waals surface area (Å²) in [5, 5.41) is 0.796. The third-order valence-corrected chi connectivity index (χ3v) is 6.45. The van der Waals surface area contributed by atoms with Gasteiger partial charge in [0.1, 0.15) is 0 Å². The van der Waals surface area contributed by atoms with Crippen LogP contribution < -0.4 is 5.73 Å². The van der Waals surface area contributed by atoms with Crippen molar-refractivity contribution in [2.45, 2.75) is 31.6 Å². The maximum absolute atomic E-state index is 12.5. The van der Waals surface area contributed by atoms with E-state index in [9.17, 15) is 8.42 Å². The van der Waals surface area contributed by atoms with Gasteiger partial charge < -0.3 is 5.73 Å². The van der Waals surface area contributed by atoms with Crippen LogP contribution >= 0.6 is 23.2 Å². The lowest BCUT2D eigenvalue weighted by atomic mass is 9.93. The van der Waals surface area contributed by atoms with Gasteiger partial charge in [-0.15, -0.1) is 0 Å². The summed E-state index contributed by atoms with van der Waals surface area (Å²) in [5.41, 5.74) is 6.55. The second kappa shape index (κ2) is 6.84. The van der Waals surface area contributed by atoms with Crippen molar-refractivity contribution < 1.29 is 8.42 Å². The van der Waals surface area contributed by atoms with Crippen molar-refractivity contribution in [3.63, 3.8) is 0 Å². The van der Waals surface area contributed by atoms with Gasteiger partial charge in [-0.1, -0.05) is 29.3 Å². The molecule has 7 heteroatoms. The molecule has 1 aliphatic heterocycles. The van der Waals surface area contributed by atoms with Gasteiger partial charge in [-0.3, -0.25) is 0 Å². The van der Waals surface area contributed by atoms with Crippen molar-refractivity contribution in [2.75, 3.05) is 13.1 Å². The van der Waals surface area contributed by atoms with E-state index >= 15 is 0 Å². The Labute approximate surface area is 136 Å². The number of sulfonamides is 1. The molecule has 1 aromatic carbocycles. The fourth-order valence-electron chi connectivity index (χ4n) is 2.59. The quantitative estimate of drug-likeness (QED) is 0.907. The van der Waals surface area contributed by atoms with E-state index in [1.54, 1.807) is 22.5 Å². The van der Waals surface area contributed by atoms with Crippen molar-refractivity contribution in [1.29, 1.82) is 0 Å². The molecule has 0 spiro atoms. The first-order valence-electron chi connectivity index (χ1n) is 6.97. The SMILES string of the molecule is C[C@H](N)[C@H]1CCCN(S(=O)(=O)Cc2ccc(Cl)c(Cl)c2)C1. The molecule has 0 radical (unpaired) electrons. The van der Waals surface area contributed by atoms with Gasteiger partial charge in [-0.25, -0.2) is 12.7 Å². The van der Waals surface area contributed by atoms with Crippen molar-refractivity contribution in [3.8, 4) is 0 Å². The summed E-state index contributed by atoms with van der Waals surface area (Å²) in [6, 6.07) is 4.93. The number of hydrogen-bond donors (Lipinski definition) is 1. The molecule has 21 heavy (non-hydrogen) atoms. The van der Waals surface area contributed by atoms with E-state index in [1.165, 1.54) is 0 Å². The van der Waals surface area contributed by atoms with Crippen LogP contribution in [-0.2, 0) is 15.8 Å². The minimum absolute atomic E-state index is 0.00739. The average Bonchev–Trinajstić information content (AvgIpc) is 2.43. The van der Waals surface area contributed by atoms with Crippen molar-refractivity contribution in [2.24, 2.45) is 11.7 Å². The Balaban J connectivity index is 2.12. The zero-order valence-electron chi connectivity index (χ0n) is 11.9. The first kappa shape index (κ1) is 17.0. The predicted octanol–water partition coefficient (Wildman–Crippen LogP) is 2.88. The Hall–Kier alpha value is -0.330. The second-order valence-corrected chi connectivity index (χ2v) is 8.41. The summed E-state index contributed by atoms with van der Waals surface area (Å²) in [5.74, 6) is 0.164. The number of benzene rings is 1. The monoisotopic (exact) mass is 350 g/mol. The lowest BCUT2D eigenvalue weighted by Crippen LogP contribution is -2.45. The molecule has 118 valence electrons. The smallest absolute Gasteiger partial charge is 0.218 e. The summed E-state index contributed by atoms with van der Waals surface area (Å²) in [6.07, 6.45) is 1.84. The van der Waals surface area contributed by atoms with Crippen molar-refractivity contribution >= 4 is 33.2 Å². The van der Waals surface area contributed by atoms with Gasteiger partial charge in [0.15, 0.2) is 0 Å². The zero-order chi connectivity index (χ0) is 15.6. The van der Waals surface area contributed by atoms with E-state index in [-0.39, 0.29) is 17.7 Å². The Morgan fingerprint density at radius 2 is 2.10 bits per heavy atom. The molecular formula is C14H20Cl2N2O2S. The number of nitrogens with zero attached hydrogens (tertiary/aromatic N) is 1. The van der Waals surface area contributed by atoms with E-state index < -0.39 is 10.0 Å². The molecule has 0 unspecified atom stereocenters. The van der Waals surface area contributed by atoms with Crippen LogP contribution in [0.15, 0.2) is 18.2 Å². The molecule has 0 saturated carbocycles. The highest BCUT2D eigenvalue weighted by molar-refractivity contribution is 7.88. The second-order valence-electron chi connectivity index (χ2n) is 5.62. The van der Waals surface area contributed by atoms with Crippen LogP contribution in [0.4, 0.5) is 0 Å². The molecule has 0 bridgehead atoms. The van der Waals surface area contributed by atoms with Gasteiger partial charge in [0.2, 0.25) is 10.0 Å². The minimum Gasteiger partial charge on any atom is -0.328 e. The molecule has 1 heterocycles. The van der Waals surface area contributed by atoms with Crippen molar-refractivity contribution in [3.05, 3.63) is 33.8 Å². The topological polar surface area (TPSA) is 63.4 Å². The average molecular weight is 351 g/mol. The lowest BCUT2D eigenvalue weighted by molar-refractivity contribution is 0.243. The molecule has 4 nitrogen and oxygen atoms in total. The molecule has 1 fully saturated rings. The number of piperidine rings is 1. The van der Waals surface area contributed by atoms with E-state index in [1.807, 2.05) is 6.92 Å². The normalized spacial score (nSPS) is 22.2. The summed E-state index contributed by atoms with van der Waals surface area (Å²) in [6.45, 7) is 2.99. The molecule has 0 aliphatic carbocycles. The number of rotatable bonds is 4. The Morgan fingerprint density at radius 1 is 1.38 bits per heavy atom. The fourth-order valence-corrected chi connectivity index (χ4v) is 4.52. The number of nitrogens with two attached hydrogens (primary N) is 1. The van der Waals surface area contributed by atoms with Crippen LogP contribution in [-0.4, -0.2) is 31.9 Å². The zero-order valence-corrected chi connectivity index (χ0v) is 14.3. The van der Waals surface area contributed by atoms with Gasteiger partial charge in [-0.05, 0) is 43.4 Å². The van der Waals surface area contributed by atoms with Crippen LogP contribution in [0.5, 0.6) is 0 Å². The Kier molecular flexibility index (Phi) is 5.54. The van der Waals surface area contributed by atoms with Crippen LogP contribution in [0.3, 0.4) is 0 Å². The van der Waals surface area contributed by atoms with E-state index in [4.69, 9.17) is 28.9 Å². The van der Waals surface area contributed by atoms with Gasteiger partial charge >= 0.3 is 0 Å². The summed E-state index contributed by atoms with van der Waals surface area (Å²) < 4.78 is 26.6. The molecular weight excluding hydrogens is 331 g/mol. The van der Waals surface area contributed by atoms with Crippen LogP contribution in [0.2, 0.25) is 10.0 Å². The van der Waals surface area contributed by atoms with E-state index in [2.05, 4.69) is 0 Å². The largest absolute Gasteiger partial charge is 0.328 e. The van der Waals surface area contributed by atoms with Crippen molar-refractivity contribution in [1.82, 2.24) is 4.31 Å². The van der Waals surface area contributed by atoms with E-state index in [0.29, 0.717) is 28.7 Å². The van der Waals surface area contributed by atoms with Gasteiger partial charge in [0.25, 0.3) is 0 Å². The van der Waals surface area contributed by atoms with E-state index in [0.717, 1.165) is 12.8 Å². The number of halogens is 2. The van der Waals surface area contributed by atoms with Gasteiger partial charge in [0, 0.05) is 19.1 Å². The van der Waals surface area contributed by atoms with Crippen LogP contribution in [0.25, 0.3) is 0 Å². The molecule has 2 rings (SSSR count). The first-order chi connectivity index (χ1) is 9.79. The summed E-state index contributed by atoms with van der Waals surface area (Å²) in [7, 11) is -3.36. The minimum atomic E-state index is -3.36. The molecule has 0 amide bonds. The van der Waals surface area contributed by atoms with Crippen LogP contribution in [0, 0.1) is 5.92 Å². The van der Waals surface area contributed by atoms with Crippen LogP contribution in [0.1, 0.15) is 25.3 Å². The lowest BCUT2D eigenvalue weighted by Gasteiger charge is -2.33. The molecule has 1 saturated heterocycles. The molecule has 1 aromatic rings. The standard InChI is InChI=1S/C14H20Cl2N2O2S/c1-10(17)12-3-2-6-18(8-12)21(19,20)9-11-4-5-13(15)14(16)7-11/h4-5,7,10,12H,2-3,6,8-9,17H2,1H3/t10-,12-/m0/s1. The maximum atomic E-state index is 12.5. The summed E-state index contributed by atoms with van der Waals surface area (Å²) >= 11 is 11.8. The molecule has 1 aliphatic rings.